The zero-order valence-electron chi connectivity index (χ0n) is 19.2. The predicted molar refractivity (Wildman–Crippen MR) is 130 cm³/mol. The molecule has 1 saturated heterocycles. The Morgan fingerprint density at radius 2 is 1.85 bits per heavy atom. The van der Waals surface area contributed by atoms with Gasteiger partial charge in [-0.2, -0.15) is 0 Å². The third-order valence-corrected chi connectivity index (χ3v) is 5.39. The van der Waals surface area contributed by atoms with Crippen LogP contribution in [0.15, 0.2) is 42.6 Å². The number of aliphatic hydroxyl groups excluding tert-OH is 1. The smallest absolute Gasteiger partial charge is 0.262 e. The topological polar surface area (TPSA) is 87.2 Å². The highest BCUT2D eigenvalue weighted by Gasteiger charge is 2.20. The van der Waals surface area contributed by atoms with E-state index in [4.69, 9.17) is 21.1 Å². The van der Waals surface area contributed by atoms with Gasteiger partial charge in [0.2, 0.25) is 0 Å². The molecule has 8 nitrogen and oxygen atoms in total. The summed E-state index contributed by atoms with van der Waals surface area (Å²) in [7, 11) is 0. The Bertz CT molecular complexity index is 856. The van der Waals surface area contributed by atoms with Crippen molar-refractivity contribution >= 4 is 29.0 Å². The van der Waals surface area contributed by atoms with E-state index in [1.165, 1.54) is 0 Å². The molecule has 1 aliphatic heterocycles. The van der Waals surface area contributed by atoms with Crippen LogP contribution in [0, 0.1) is 5.92 Å². The lowest BCUT2D eigenvalue weighted by atomic mass is 10.2. The Hall–Kier alpha value is -2.39. The molecule has 0 aliphatic carbocycles. The highest BCUT2D eigenvalue weighted by molar-refractivity contribution is 6.30. The molecule has 2 N–H and O–H groups in total. The molecule has 33 heavy (non-hydrogen) atoms. The average molecular weight is 477 g/mol. The lowest BCUT2D eigenvalue weighted by molar-refractivity contribution is -0.118. The first-order chi connectivity index (χ1) is 15.9. The molecule has 1 aromatic carbocycles. The zero-order chi connectivity index (χ0) is 23.6. The van der Waals surface area contributed by atoms with Gasteiger partial charge in [0, 0.05) is 44.4 Å². The van der Waals surface area contributed by atoms with Gasteiger partial charge in [-0.05, 0) is 42.3 Å². The van der Waals surface area contributed by atoms with Gasteiger partial charge in [0.05, 0.1) is 24.6 Å². The summed E-state index contributed by atoms with van der Waals surface area (Å²) in [5.41, 5.74) is 0.617. The molecule has 1 unspecified atom stereocenters. The number of carbonyl (C=O) groups excluding carboxylic acids is 1. The van der Waals surface area contributed by atoms with E-state index in [2.05, 4.69) is 33.9 Å². The maximum absolute atomic E-state index is 12.1. The molecule has 0 saturated carbocycles. The van der Waals surface area contributed by atoms with Crippen LogP contribution in [-0.4, -0.2) is 79.5 Å². The molecular weight excluding hydrogens is 444 g/mol. The number of hydrogen-bond acceptors (Lipinski definition) is 7. The molecule has 2 heterocycles. The summed E-state index contributed by atoms with van der Waals surface area (Å²) in [5, 5.41) is 13.6. The molecule has 3 rings (SSSR count). The number of pyridine rings is 1. The lowest BCUT2D eigenvalue weighted by Gasteiger charge is -2.36. The van der Waals surface area contributed by atoms with Gasteiger partial charge >= 0.3 is 0 Å². The van der Waals surface area contributed by atoms with E-state index in [1.54, 1.807) is 30.5 Å². The van der Waals surface area contributed by atoms with E-state index in [-0.39, 0.29) is 12.5 Å². The number of rotatable bonds is 11. The second kappa shape index (κ2) is 12.7. The summed E-state index contributed by atoms with van der Waals surface area (Å²) >= 11 is 5.84. The Kier molecular flexibility index (Phi) is 9.75. The summed E-state index contributed by atoms with van der Waals surface area (Å²) in [6.07, 6.45) is 1.18. The third kappa shape index (κ3) is 8.81. The standard InChI is InChI=1S/C24H33ClN4O4/c1-18(2)15-32-16-21(30)14-28-9-11-29(12-10-28)23-8-5-20(13-26-23)27-24(31)17-33-22-6-3-19(25)4-7-22/h3-8,13,18,21,30H,9-12,14-17H2,1-2H3,(H,27,31). The van der Waals surface area contributed by atoms with Crippen LogP contribution >= 0.6 is 11.6 Å². The molecule has 1 aromatic heterocycles. The van der Waals surface area contributed by atoms with Crippen molar-refractivity contribution in [3.8, 4) is 5.75 Å². The minimum atomic E-state index is -0.472. The van der Waals surface area contributed by atoms with E-state index < -0.39 is 6.10 Å². The van der Waals surface area contributed by atoms with Crippen molar-refractivity contribution in [3.63, 3.8) is 0 Å². The highest BCUT2D eigenvalue weighted by Crippen LogP contribution is 2.17. The van der Waals surface area contributed by atoms with Crippen LogP contribution in [-0.2, 0) is 9.53 Å². The van der Waals surface area contributed by atoms with E-state index in [0.29, 0.717) is 42.1 Å². The number of ether oxygens (including phenoxy) is 2. The van der Waals surface area contributed by atoms with Crippen LogP contribution in [0.5, 0.6) is 5.75 Å². The van der Waals surface area contributed by atoms with Gasteiger partial charge in [-0.3, -0.25) is 9.69 Å². The van der Waals surface area contributed by atoms with Crippen LogP contribution < -0.4 is 15.0 Å². The summed E-state index contributed by atoms with van der Waals surface area (Å²) in [6, 6.07) is 10.6. The normalized spacial score (nSPS) is 15.5. The monoisotopic (exact) mass is 476 g/mol. The molecule has 0 radical (unpaired) electrons. The van der Waals surface area contributed by atoms with Crippen molar-refractivity contribution in [2.75, 3.05) is 62.8 Å². The largest absolute Gasteiger partial charge is 0.484 e. The number of nitrogens with one attached hydrogen (secondary N) is 1. The third-order valence-electron chi connectivity index (χ3n) is 5.14. The van der Waals surface area contributed by atoms with Gasteiger partial charge in [-0.25, -0.2) is 4.98 Å². The van der Waals surface area contributed by atoms with Crippen LogP contribution in [0.25, 0.3) is 0 Å². The Morgan fingerprint density at radius 3 is 2.48 bits per heavy atom. The average Bonchev–Trinajstić information content (AvgIpc) is 2.79. The van der Waals surface area contributed by atoms with Gasteiger partial charge in [0.25, 0.3) is 5.91 Å². The Balaban J connectivity index is 1.37. The first-order valence-electron chi connectivity index (χ1n) is 11.3. The van der Waals surface area contributed by atoms with E-state index in [9.17, 15) is 9.90 Å². The summed E-state index contributed by atoms with van der Waals surface area (Å²) < 4.78 is 11.0. The summed E-state index contributed by atoms with van der Waals surface area (Å²) in [5.74, 6) is 1.66. The van der Waals surface area contributed by atoms with Crippen molar-refractivity contribution in [1.29, 1.82) is 0 Å². The number of piperazine rings is 1. The lowest BCUT2D eigenvalue weighted by Crippen LogP contribution is -2.49. The molecule has 1 aliphatic rings. The van der Waals surface area contributed by atoms with Gasteiger partial charge in [0.15, 0.2) is 6.61 Å². The quantitative estimate of drug-likeness (QED) is 0.515. The van der Waals surface area contributed by atoms with Crippen molar-refractivity contribution in [3.05, 3.63) is 47.6 Å². The van der Waals surface area contributed by atoms with E-state index in [0.717, 1.165) is 32.0 Å². The molecule has 9 heteroatoms. The van der Waals surface area contributed by atoms with Gasteiger partial charge in [-0.1, -0.05) is 25.4 Å². The maximum atomic E-state index is 12.1. The van der Waals surface area contributed by atoms with Gasteiger partial charge < -0.3 is 24.8 Å². The summed E-state index contributed by atoms with van der Waals surface area (Å²) in [4.78, 5) is 21.1. The number of β-amino-alcohol motifs (C(OH)–C–C–N with tert-alkyl or cyclic N) is 1. The number of aromatic nitrogens is 1. The first kappa shape index (κ1) is 25.2. The second-order valence-corrected chi connectivity index (χ2v) is 9.01. The molecule has 180 valence electrons. The molecule has 0 bridgehead atoms. The number of benzene rings is 1. The number of aliphatic hydroxyl groups is 1. The van der Waals surface area contributed by atoms with Crippen molar-refractivity contribution in [2.24, 2.45) is 5.92 Å². The predicted octanol–water partition coefficient (Wildman–Crippen LogP) is 2.91. The number of hydrogen-bond donors (Lipinski definition) is 2. The minimum absolute atomic E-state index is 0.0975. The van der Waals surface area contributed by atoms with Crippen molar-refractivity contribution in [2.45, 2.75) is 20.0 Å². The molecule has 1 fully saturated rings. The Morgan fingerprint density at radius 1 is 1.12 bits per heavy atom. The summed E-state index contributed by atoms with van der Waals surface area (Å²) in [6.45, 7) is 9.10. The number of amides is 1. The van der Waals surface area contributed by atoms with Crippen LogP contribution in [0.3, 0.4) is 0 Å². The minimum Gasteiger partial charge on any atom is -0.484 e. The fourth-order valence-corrected chi connectivity index (χ4v) is 3.60. The SMILES string of the molecule is CC(C)COCC(O)CN1CCN(c2ccc(NC(=O)COc3ccc(Cl)cc3)cn2)CC1. The fourth-order valence-electron chi connectivity index (χ4n) is 3.47. The number of nitrogens with zero attached hydrogens (tertiary/aromatic N) is 3. The molecule has 2 aromatic rings. The first-order valence-corrected chi connectivity index (χ1v) is 11.6. The number of carbonyl (C=O) groups is 1. The molecular formula is C24H33ClN4O4. The van der Waals surface area contributed by atoms with Gasteiger partial charge in [-0.15, -0.1) is 0 Å². The van der Waals surface area contributed by atoms with Crippen LogP contribution in [0.2, 0.25) is 5.02 Å². The molecule has 0 spiro atoms. The van der Waals surface area contributed by atoms with Crippen LogP contribution in [0.1, 0.15) is 13.8 Å². The van der Waals surface area contributed by atoms with Crippen molar-refractivity contribution < 1.29 is 19.4 Å². The van der Waals surface area contributed by atoms with E-state index >= 15 is 0 Å². The zero-order valence-corrected chi connectivity index (χ0v) is 20.0. The highest BCUT2D eigenvalue weighted by atomic mass is 35.5. The Labute approximate surface area is 200 Å². The van der Waals surface area contributed by atoms with Crippen LogP contribution in [0.4, 0.5) is 11.5 Å². The molecule has 1 atom stereocenters. The number of halogens is 1. The number of anilines is 2. The molecule has 1 amide bonds. The van der Waals surface area contributed by atoms with Gasteiger partial charge in [0.1, 0.15) is 11.6 Å². The fraction of sp³-hybridized carbons (Fsp3) is 0.500. The second-order valence-electron chi connectivity index (χ2n) is 8.57. The van der Waals surface area contributed by atoms with Crippen molar-refractivity contribution in [1.82, 2.24) is 9.88 Å². The van der Waals surface area contributed by atoms with E-state index in [1.807, 2.05) is 12.1 Å². The maximum Gasteiger partial charge on any atom is 0.262 e.